The first-order valence-corrected chi connectivity index (χ1v) is 9.06. The van der Waals surface area contributed by atoms with Crippen molar-refractivity contribution in [3.05, 3.63) is 63.5 Å². The maximum atomic E-state index is 13.9. The van der Waals surface area contributed by atoms with Crippen LogP contribution in [0.4, 0.5) is 30.6 Å². The standard InChI is InChI=1S/C20H19F3N4O2/c1-10-3-14(23)17(29-2)7-15(10)25-20-26-19(28)8-18-24-9-16(27(18)20)11-4-12(21)6-13(22)5-11/h3-5,7-8,12,16,24H,6,9H2,1-2H3,(H,25,26,28). The van der Waals surface area contributed by atoms with E-state index in [0.717, 1.165) is 0 Å². The third-order valence-electron chi connectivity index (χ3n) is 4.97. The molecule has 2 atom stereocenters. The van der Waals surface area contributed by atoms with E-state index in [0.29, 0.717) is 29.2 Å². The number of benzene rings is 1. The van der Waals surface area contributed by atoms with Crippen molar-refractivity contribution >= 4 is 17.5 Å². The molecule has 0 saturated heterocycles. The minimum absolute atomic E-state index is 0.0352. The number of nitrogens with zero attached hydrogens (tertiary/aromatic N) is 2. The highest BCUT2D eigenvalue weighted by Gasteiger charge is 2.30. The second-order valence-corrected chi connectivity index (χ2v) is 6.97. The lowest BCUT2D eigenvalue weighted by Gasteiger charge is -2.22. The molecule has 9 heteroatoms. The smallest absolute Gasteiger partial charge is 0.276 e. The number of nitrogens with one attached hydrogen (secondary N) is 2. The van der Waals surface area contributed by atoms with Crippen LogP contribution in [0.2, 0.25) is 0 Å². The van der Waals surface area contributed by atoms with E-state index in [9.17, 15) is 18.0 Å². The van der Waals surface area contributed by atoms with Gasteiger partial charge in [0.05, 0.1) is 13.2 Å². The molecule has 29 heavy (non-hydrogen) atoms. The van der Waals surface area contributed by atoms with Crippen molar-refractivity contribution in [2.24, 2.45) is 0 Å². The van der Waals surface area contributed by atoms with Gasteiger partial charge in [0.2, 0.25) is 5.95 Å². The van der Waals surface area contributed by atoms with E-state index in [-0.39, 0.29) is 18.1 Å². The largest absolute Gasteiger partial charge is 0.494 e. The Bertz CT molecular complexity index is 1090. The van der Waals surface area contributed by atoms with Crippen molar-refractivity contribution in [3.63, 3.8) is 0 Å². The molecule has 0 saturated carbocycles. The molecule has 1 aliphatic heterocycles. The number of anilines is 3. The number of aryl methyl sites for hydroxylation is 1. The van der Waals surface area contributed by atoms with Gasteiger partial charge in [-0.05, 0) is 36.3 Å². The van der Waals surface area contributed by atoms with Gasteiger partial charge in [-0.3, -0.25) is 9.36 Å². The van der Waals surface area contributed by atoms with Crippen LogP contribution in [0.25, 0.3) is 0 Å². The summed E-state index contributed by atoms with van der Waals surface area (Å²) in [5, 5.41) is 6.11. The van der Waals surface area contributed by atoms with Crippen LogP contribution in [0.1, 0.15) is 18.0 Å². The summed E-state index contributed by atoms with van der Waals surface area (Å²) in [6.07, 6.45) is 0.995. The molecule has 2 aliphatic rings. The summed E-state index contributed by atoms with van der Waals surface area (Å²) < 4.78 is 48.3. The lowest BCUT2D eigenvalue weighted by Crippen LogP contribution is -2.20. The van der Waals surface area contributed by atoms with Crippen LogP contribution in [0.15, 0.2) is 46.5 Å². The molecule has 0 amide bonds. The monoisotopic (exact) mass is 404 g/mol. The molecule has 2 N–H and O–H groups in total. The number of methoxy groups -OCH3 is 1. The predicted molar refractivity (Wildman–Crippen MR) is 104 cm³/mol. The summed E-state index contributed by atoms with van der Waals surface area (Å²) in [5.41, 5.74) is 1.03. The van der Waals surface area contributed by atoms with E-state index >= 15 is 0 Å². The summed E-state index contributed by atoms with van der Waals surface area (Å²) in [5.74, 6) is -0.366. The highest BCUT2D eigenvalue weighted by Crippen LogP contribution is 2.37. The molecule has 0 radical (unpaired) electrons. The lowest BCUT2D eigenvalue weighted by atomic mass is 9.98. The van der Waals surface area contributed by atoms with E-state index in [1.54, 1.807) is 11.5 Å². The Kier molecular flexibility index (Phi) is 4.81. The molecular weight excluding hydrogens is 385 g/mol. The van der Waals surface area contributed by atoms with E-state index in [1.165, 1.54) is 37.5 Å². The van der Waals surface area contributed by atoms with Gasteiger partial charge in [-0.2, -0.15) is 4.98 Å². The first kappa shape index (κ1) is 19.1. The molecule has 2 aromatic rings. The average Bonchev–Trinajstić information content (AvgIpc) is 3.07. The fourth-order valence-corrected chi connectivity index (χ4v) is 3.60. The van der Waals surface area contributed by atoms with E-state index in [2.05, 4.69) is 15.6 Å². The number of allylic oxidation sites excluding steroid dienone is 3. The molecule has 0 spiro atoms. The molecule has 1 aromatic carbocycles. The molecule has 0 bridgehead atoms. The van der Waals surface area contributed by atoms with Gasteiger partial charge in [-0.15, -0.1) is 0 Å². The van der Waals surface area contributed by atoms with Crippen LogP contribution in [-0.4, -0.2) is 29.4 Å². The summed E-state index contributed by atoms with van der Waals surface area (Å²) in [4.78, 5) is 16.1. The van der Waals surface area contributed by atoms with Gasteiger partial charge in [-0.1, -0.05) is 0 Å². The van der Waals surface area contributed by atoms with Crippen molar-refractivity contribution in [1.29, 1.82) is 0 Å². The van der Waals surface area contributed by atoms with Gasteiger partial charge >= 0.3 is 0 Å². The fraction of sp³-hybridized carbons (Fsp3) is 0.300. The van der Waals surface area contributed by atoms with Crippen molar-refractivity contribution in [3.8, 4) is 5.75 Å². The summed E-state index contributed by atoms with van der Waals surface area (Å²) in [6, 6.07) is 3.62. The predicted octanol–water partition coefficient (Wildman–Crippen LogP) is 3.93. The number of fused-ring (bicyclic) bond motifs is 1. The highest BCUT2D eigenvalue weighted by atomic mass is 19.1. The Morgan fingerprint density at radius 1 is 1.31 bits per heavy atom. The molecule has 0 fully saturated rings. The summed E-state index contributed by atoms with van der Waals surface area (Å²) in [7, 11) is 1.35. The second kappa shape index (κ2) is 7.31. The van der Waals surface area contributed by atoms with Crippen LogP contribution in [0.3, 0.4) is 0 Å². The van der Waals surface area contributed by atoms with Crippen LogP contribution in [0, 0.1) is 12.7 Å². The van der Waals surface area contributed by atoms with Gasteiger partial charge < -0.3 is 15.4 Å². The molecule has 2 unspecified atom stereocenters. The lowest BCUT2D eigenvalue weighted by molar-refractivity contribution is 0.364. The minimum atomic E-state index is -1.41. The van der Waals surface area contributed by atoms with Crippen LogP contribution < -0.4 is 20.9 Å². The molecule has 1 aliphatic carbocycles. The van der Waals surface area contributed by atoms with Gasteiger partial charge in [0.1, 0.15) is 17.8 Å². The van der Waals surface area contributed by atoms with Crippen molar-refractivity contribution in [2.45, 2.75) is 25.6 Å². The van der Waals surface area contributed by atoms with Crippen LogP contribution >= 0.6 is 0 Å². The zero-order chi connectivity index (χ0) is 20.7. The molecule has 6 nitrogen and oxygen atoms in total. The van der Waals surface area contributed by atoms with E-state index in [1.807, 2.05) is 0 Å². The molecule has 2 heterocycles. The molecular formula is C20H19F3N4O2. The van der Waals surface area contributed by atoms with Gasteiger partial charge in [0, 0.05) is 30.8 Å². The Labute approximate surface area is 164 Å². The quantitative estimate of drug-likeness (QED) is 0.808. The average molecular weight is 404 g/mol. The van der Waals surface area contributed by atoms with Gasteiger partial charge in [-0.25, -0.2) is 13.2 Å². The first-order valence-electron chi connectivity index (χ1n) is 9.06. The van der Waals surface area contributed by atoms with Gasteiger partial charge in [0.15, 0.2) is 11.6 Å². The summed E-state index contributed by atoms with van der Waals surface area (Å²) in [6.45, 7) is 2.04. The Morgan fingerprint density at radius 3 is 2.83 bits per heavy atom. The number of alkyl halides is 1. The van der Waals surface area contributed by atoms with E-state index in [4.69, 9.17) is 4.74 Å². The summed E-state index contributed by atoms with van der Waals surface area (Å²) >= 11 is 0. The van der Waals surface area contributed by atoms with Gasteiger partial charge in [0.25, 0.3) is 5.56 Å². The molecule has 4 rings (SSSR count). The third-order valence-corrected chi connectivity index (χ3v) is 4.97. The second-order valence-electron chi connectivity index (χ2n) is 6.97. The van der Waals surface area contributed by atoms with Crippen molar-refractivity contribution in [1.82, 2.24) is 9.55 Å². The topological polar surface area (TPSA) is 68.2 Å². The first-order chi connectivity index (χ1) is 13.9. The Morgan fingerprint density at radius 2 is 2.10 bits per heavy atom. The highest BCUT2D eigenvalue weighted by molar-refractivity contribution is 5.63. The normalized spacial score (nSPS) is 20.4. The van der Waals surface area contributed by atoms with Crippen LogP contribution in [0.5, 0.6) is 5.75 Å². The molecule has 152 valence electrons. The number of halogens is 3. The SMILES string of the molecule is COc1cc(Nc2nc(=O)cc3n2C(C2=CC(F)CC(F)=C2)CN3)c(C)cc1F. The zero-order valence-corrected chi connectivity index (χ0v) is 15.8. The maximum Gasteiger partial charge on any atom is 0.276 e. The number of hydrogen-bond donors (Lipinski definition) is 2. The number of rotatable bonds is 4. The molecule has 1 aromatic heterocycles. The number of hydrogen-bond acceptors (Lipinski definition) is 5. The van der Waals surface area contributed by atoms with Crippen molar-refractivity contribution < 1.29 is 17.9 Å². The Balaban J connectivity index is 1.78. The number of ether oxygens (including phenoxy) is 1. The minimum Gasteiger partial charge on any atom is -0.494 e. The van der Waals surface area contributed by atoms with Crippen LogP contribution in [-0.2, 0) is 0 Å². The maximum absolute atomic E-state index is 13.9. The zero-order valence-electron chi connectivity index (χ0n) is 15.8. The van der Waals surface area contributed by atoms with E-state index < -0.39 is 29.4 Å². The number of aromatic nitrogens is 2. The van der Waals surface area contributed by atoms with Crippen molar-refractivity contribution in [2.75, 3.05) is 24.3 Å². The fourth-order valence-electron chi connectivity index (χ4n) is 3.60. The third kappa shape index (κ3) is 3.59. The Hall–Kier alpha value is -3.23.